The lowest BCUT2D eigenvalue weighted by Gasteiger charge is -2.07. The van der Waals surface area contributed by atoms with E-state index in [1.807, 2.05) is 0 Å². The average Bonchev–Trinajstić information content (AvgIpc) is 2.62. The first kappa shape index (κ1) is 20.2. The lowest BCUT2D eigenvalue weighted by molar-refractivity contribution is -0.142. The van der Waals surface area contributed by atoms with Crippen molar-refractivity contribution in [2.24, 2.45) is 0 Å². The predicted octanol–water partition coefficient (Wildman–Crippen LogP) is 3.90. The molecule has 5 heteroatoms. The molecule has 0 atom stereocenters. The molecule has 0 aromatic heterocycles. The third-order valence-electron chi connectivity index (χ3n) is 3.49. The number of rotatable bonds is 5. The summed E-state index contributed by atoms with van der Waals surface area (Å²) in [5.74, 6) is 4.36. The van der Waals surface area contributed by atoms with Crippen molar-refractivity contribution in [1.29, 1.82) is 0 Å². The molecule has 4 nitrogen and oxygen atoms in total. The van der Waals surface area contributed by atoms with Crippen LogP contribution in [0.4, 0.5) is 4.39 Å². The number of carbonyl (C=O) groups is 2. The zero-order chi connectivity index (χ0) is 19.8. The molecule has 0 aliphatic heterocycles. The first-order valence-corrected chi connectivity index (χ1v) is 8.66. The Morgan fingerprint density at radius 1 is 1.07 bits per heavy atom. The second-order valence-electron chi connectivity index (χ2n) is 6.07. The maximum absolute atomic E-state index is 14.1. The number of benzene rings is 2. The molecule has 0 heterocycles. The number of esters is 2. The molecule has 0 N–H and O–H groups in total. The van der Waals surface area contributed by atoms with Gasteiger partial charge in [-0.3, -0.25) is 4.79 Å². The number of ether oxygens (including phenoxy) is 2. The Morgan fingerprint density at radius 2 is 1.78 bits per heavy atom. The van der Waals surface area contributed by atoms with E-state index in [1.165, 1.54) is 12.1 Å². The molecule has 27 heavy (non-hydrogen) atoms. The molecule has 0 unspecified atom stereocenters. The summed E-state index contributed by atoms with van der Waals surface area (Å²) in [6.45, 7) is 5.52. The van der Waals surface area contributed by atoms with Crippen LogP contribution >= 0.6 is 0 Å². The van der Waals surface area contributed by atoms with Crippen LogP contribution in [0.15, 0.2) is 42.5 Å². The van der Waals surface area contributed by atoms with Crippen LogP contribution in [0.3, 0.4) is 0 Å². The molecule has 0 saturated carbocycles. The molecule has 0 radical (unpaired) electrons. The van der Waals surface area contributed by atoms with Crippen LogP contribution < -0.4 is 0 Å². The van der Waals surface area contributed by atoms with Crippen molar-refractivity contribution in [3.05, 3.63) is 70.5 Å². The highest BCUT2D eigenvalue weighted by molar-refractivity contribution is 5.89. The van der Waals surface area contributed by atoms with Crippen LogP contribution in [0.5, 0.6) is 0 Å². The summed E-state index contributed by atoms with van der Waals surface area (Å²) >= 11 is 0. The second kappa shape index (κ2) is 9.54. The van der Waals surface area contributed by atoms with Gasteiger partial charge in [0.25, 0.3) is 0 Å². The fourth-order valence-electron chi connectivity index (χ4n) is 2.29. The normalized spacial score (nSPS) is 10.1. The van der Waals surface area contributed by atoms with Gasteiger partial charge in [0, 0.05) is 11.1 Å². The van der Waals surface area contributed by atoms with Crippen molar-refractivity contribution in [1.82, 2.24) is 0 Å². The quantitative estimate of drug-likeness (QED) is 0.593. The Balaban J connectivity index is 2.14. The fourth-order valence-corrected chi connectivity index (χ4v) is 2.29. The standard InChI is InChI=1S/C22H21FO4/c1-4-26-21(24)14-18-11-10-17(13-20(18)23)9-8-16-6-5-7-19(12-16)22(25)27-15(2)3/h5-7,10-13,15H,4,14H2,1-3H3. The number of halogens is 1. The smallest absolute Gasteiger partial charge is 0.338 e. The number of hydrogen-bond donors (Lipinski definition) is 0. The molecule has 0 spiro atoms. The highest BCUT2D eigenvalue weighted by Gasteiger charge is 2.10. The van der Waals surface area contributed by atoms with E-state index < -0.39 is 17.8 Å². The van der Waals surface area contributed by atoms with E-state index in [-0.39, 0.29) is 24.7 Å². The van der Waals surface area contributed by atoms with E-state index in [4.69, 9.17) is 9.47 Å². The Morgan fingerprint density at radius 3 is 2.41 bits per heavy atom. The summed E-state index contributed by atoms with van der Waals surface area (Å²) < 4.78 is 24.1. The van der Waals surface area contributed by atoms with Crippen LogP contribution in [-0.2, 0) is 20.7 Å². The van der Waals surface area contributed by atoms with Crippen LogP contribution in [0.2, 0.25) is 0 Å². The van der Waals surface area contributed by atoms with Gasteiger partial charge < -0.3 is 9.47 Å². The lowest BCUT2D eigenvalue weighted by Crippen LogP contribution is -2.11. The first-order valence-electron chi connectivity index (χ1n) is 8.66. The van der Waals surface area contributed by atoms with Crippen LogP contribution in [0, 0.1) is 17.7 Å². The minimum absolute atomic E-state index is 0.118. The Labute approximate surface area is 158 Å². The van der Waals surface area contributed by atoms with Gasteiger partial charge in [-0.15, -0.1) is 0 Å². The second-order valence-corrected chi connectivity index (χ2v) is 6.07. The van der Waals surface area contributed by atoms with Crippen LogP contribution in [0.25, 0.3) is 0 Å². The van der Waals surface area contributed by atoms with Crippen molar-refractivity contribution >= 4 is 11.9 Å². The summed E-state index contributed by atoms with van der Waals surface area (Å²) in [6, 6.07) is 11.2. The summed E-state index contributed by atoms with van der Waals surface area (Å²) in [5.41, 5.74) is 1.75. The van der Waals surface area contributed by atoms with E-state index in [2.05, 4.69) is 11.8 Å². The Hall–Kier alpha value is -3.13. The van der Waals surface area contributed by atoms with Gasteiger partial charge in [-0.1, -0.05) is 24.0 Å². The van der Waals surface area contributed by atoms with Gasteiger partial charge in [-0.25, -0.2) is 9.18 Å². The zero-order valence-corrected chi connectivity index (χ0v) is 15.5. The van der Waals surface area contributed by atoms with Gasteiger partial charge in [0.15, 0.2) is 0 Å². The summed E-state index contributed by atoms with van der Waals surface area (Å²) in [6.07, 6.45) is -0.323. The van der Waals surface area contributed by atoms with E-state index in [0.29, 0.717) is 16.7 Å². The molecule has 2 rings (SSSR count). The SMILES string of the molecule is CCOC(=O)Cc1ccc(C#Cc2cccc(C(=O)OC(C)C)c2)cc1F. The summed E-state index contributed by atoms with van der Waals surface area (Å²) in [7, 11) is 0. The molecule has 0 saturated heterocycles. The monoisotopic (exact) mass is 368 g/mol. The third kappa shape index (κ3) is 6.27. The molecule has 0 aliphatic carbocycles. The fraction of sp³-hybridized carbons (Fsp3) is 0.273. The maximum atomic E-state index is 14.1. The molecule has 2 aromatic carbocycles. The molecule has 0 aliphatic rings. The van der Waals surface area contributed by atoms with Crippen molar-refractivity contribution < 1.29 is 23.5 Å². The van der Waals surface area contributed by atoms with Crippen molar-refractivity contribution in [2.45, 2.75) is 33.3 Å². The molecule has 0 bridgehead atoms. The third-order valence-corrected chi connectivity index (χ3v) is 3.49. The van der Waals surface area contributed by atoms with E-state index >= 15 is 0 Å². The van der Waals surface area contributed by atoms with Crippen molar-refractivity contribution in [2.75, 3.05) is 6.61 Å². The van der Waals surface area contributed by atoms with E-state index in [9.17, 15) is 14.0 Å². The number of hydrogen-bond acceptors (Lipinski definition) is 4. The molecule has 2 aromatic rings. The van der Waals surface area contributed by atoms with E-state index in [0.717, 1.165) is 0 Å². The van der Waals surface area contributed by atoms with Gasteiger partial charge in [0.1, 0.15) is 5.82 Å². The van der Waals surface area contributed by atoms with Gasteiger partial charge in [0.2, 0.25) is 0 Å². The minimum atomic E-state index is -0.510. The van der Waals surface area contributed by atoms with Gasteiger partial charge in [0.05, 0.1) is 24.7 Å². The van der Waals surface area contributed by atoms with Crippen LogP contribution in [0.1, 0.15) is 47.8 Å². The largest absolute Gasteiger partial charge is 0.466 e. The zero-order valence-electron chi connectivity index (χ0n) is 15.5. The highest BCUT2D eigenvalue weighted by Crippen LogP contribution is 2.12. The molecule has 140 valence electrons. The summed E-state index contributed by atoms with van der Waals surface area (Å²) in [5, 5.41) is 0. The van der Waals surface area contributed by atoms with Gasteiger partial charge in [-0.2, -0.15) is 0 Å². The predicted molar refractivity (Wildman–Crippen MR) is 99.7 cm³/mol. The van der Waals surface area contributed by atoms with Crippen molar-refractivity contribution in [3.8, 4) is 11.8 Å². The highest BCUT2D eigenvalue weighted by atomic mass is 19.1. The molecule has 0 fully saturated rings. The first-order chi connectivity index (χ1) is 12.9. The molecule has 0 amide bonds. The molecular weight excluding hydrogens is 347 g/mol. The Kier molecular flexibility index (Phi) is 7.13. The maximum Gasteiger partial charge on any atom is 0.338 e. The Bertz CT molecular complexity index is 891. The topological polar surface area (TPSA) is 52.6 Å². The number of carbonyl (C=O) groups excluding carboxylic acids is 2. The van der Waals surface area contributed by atoms with E-state index in [1.54, 1.807) is 51.1 Å². The van der Waals surface area contributed by atoms with Gasteiger partial charge >= 0.3 is 11.9 Å². The average molecular weight is 368 g/mol. The lowest BCUT2D eigenvalue weighted by atomic mass is 10.1. The minimum Gasteiger partial charge on any atom is -0.466 e. The van der Waals surface area contributed by atoms with Crippen LogP contribution in [-0.4, -0.2) is 24.6 Å². The van der Waals surface area contributed by atoms with Gasteiger partial charge in [-0.05, 0) is 56.7 Å². The summed E-state index contributed by atoms with van der Waals surface area (Å²) in [4.78, 5) is 23.4. The van der Waals surface area contributed by atoms with Crippen molar-refractivity contribution in [3.63, 3.8) is 0 Å². The molecular formula is C22H21FO4.